The molecule has 0 aliphatic carbocycles. The molecule has 0 spiro atoms. The molecule has 0 saturated heterocycles. The van der Waals surface area contributed by atoms with Gasteiger partial charge < -0.3 is 10.2 Å². The van der Waals surface area contributed by atoms with Crippen molar-refractivity contribution in [1.29, 1.82) is 0 Å². The number of aromatic nitrogens is 1. The number of hydroxylamine groups is 2. The van der Waals surface area contributed by atoms with Crippen molar-refractivity contribution < 1.29 is 14.0 Å². The molecular weight excluding hydrogens is 284 g/mol. The summed E-state index contributed by atoms with van der Waals surface area (Å²) in [5.41, 5.74) is 5.81. The topological polar surface area (TPSA) is 98.4 Å². The number of nitrogens with two attached hydrogens (primary N) is 1. The molecule has 0 radical (unpaired) electrons. The Morgan fingerprint density at radius 1 is 1.23 bits per heavy atom. The maximum atomic E-state index is 5.86. The predicted molar refractivity (Wildman–Crippen MR) is 78.6 cm³/mol. The lowest BCUT2D eigenvalue weighted by Crippen LogP contribution is -2.44. The average Bonchev–Trinajstić information content (AvgIpc) is 3.14. The maximum absolute atomic E-state index is 5.86. The summed E-state index contributed by atoms with van der Waals surface area (Å²) in [7, 11) is 0. The van der Waals surface area contributed by atoms with Crippen LogP contribution in [0.15, 0.2) is 74.3 Å². The third kappa shape index (κ3) is 1.98. The highest BCUT2D eigenvalue weighted by Gasteiger charge is 2.45. The van der Waals surface area contributed by atoms with E-state index in [0.717, 1.165) is 0 Å². The highest BCUT2D eigenvalue weighted by atomic mass is 16.8. The largest absolute Gasteiger partial charge is 0.461 e. The molecule has 2 aromatic heterocycles. The lowest BCUT2D eigenvalue weighted by molar-refractivity contribution is -0.973. The predicted octanol–water partition coefficient (Wildman–Crippen LogP) is 1.40. The third-order valence-electron chi connectivity index (χ3n) is 3.05. The van der Waals surface area contributed by atoms with E-state index in [0.29, 0.717) is 29.0 Å². The van der Waals surface area contributed by atoms with Crippen LogP contribution < -0.4 is 10.6 Å². The number of nitrogens with zero attached hydrogens (tertiary/aromatic N) is 5. The van der Waals surface area contributed by atoms with Gasteiger partial charge in [-0.2, -0.15) is 9.98 Å². The lowest BCUT2D eigenvalue weighted by atomic mass is 10.4. The standard InChI is InChI=1S/C14H11N6O2/c15-12-7-13-18-14(11-4-2-6-21-11)17-9-20(13,19-12)22-10-3-1-5-16-8-10/h1-9H,(H2,15,19)/q+1. The molecule has 0 aromatic carbocycles. The first-order valence-electron chi connectivity index (χ1n) is 6.49. The average molecular weight is 295 g/mol. The Kier molecular flexibility index (Phi) is 2.63. The zero-order valence-corrected chi connectivity index (χ0v) is 11.3. The molecule has 2 aromatic rings. The number of quaternary nitrogens is 1. The quantitative estimate of drug-likeness (QED) is 0.865. The van der Waals surface area contributed by atoms with Crippen LogP contribution in [0.3, 0.4) is 0 Å². The van der Waals surface area contributed by atoms with Gasteiger partial charge in [-0.3, -0.25) is 9.82 Å². The van der Waals surface area contributed by atoms with Crippen LogP contribution in [0.2, 0.25) is 0 Å². The maximum Gasteiger partial charge on any atom is 0.310 e. The SMILES string of the molecule is NC1=N[N+]2(Oc3cccnc3)C=NC(c3ccco3)=NC2=C1. The third-order valence-corrected chi connectivity index (χ3v) is 3.05. The summed E-state index contributed by atoms with van der Waals surface area (Å²) in [6.07, 6.45) is 7.93. The van der Waals surface area contributed by atoms with Crippen molar-refractivity contribution in [3.63, 3.8) is 0 Å². The zero-order chi connectivity index (χ0) is 15.0. The Balaban J connectivity index is 1.72. The van der Waals surface area contributed by atoms with E-state index in [2.05, 4.69) is 20.1 Å². The number of amidine groups is 2. The lowest BCUT2D eigenvalue weighted by Gasteiger charge is -2.22. The van der Waals surface area contributed by atoms with Crippen LogP contribution in [0.1, 0.15) is 5.76 Å². The number of hydrogen-bond donors (Lipinski definition) is 1. The van der Waals surface area contributed by atoms with Crippen LogP contribution in [-0.2, 0) is 0 Å². The Morgan fingerprint density at radius 3 is 2.95 bits per heavy atom. The molecule has 0 amide bonds. The van der Waals surface area contributed by atoms with Crippen LogP contribution in [0.25, 0.3) is 0 Å². The minimum atomic E-state index is -0.387. The van der Waals surface area contributed by atoms with E-state index in [1.807, 2.05) is 0 Å². The van der Waals surface area contributed by atoms with Gasteiger partial charge in [0.1, 0.15) is 0 Å². The second-order valence-electron chi connectivity index (χ2n) is 4.59. The molecule has 0 bridgehead atoms. The van der Waals surface area contributed by atoms with Crippen LogP contribution >= 0.6 is 0 Å². The fraction of sp³-hybridized carbons (Fsp3) is 0. The number of pyridine rings is 1. The monoisotopic (exact) mass is 295 g/mol. The van der Waals surface area contributed by atoms with E-state index in [1.54, 1.807) is 49.0 Å². The van der Waals surface area contributed by atoms with Gasteiger partial charge in [0.25, 0.3) is 6.34 Å². The summed E-state index contributed by atoms with van der Waals surface area (Å²) < 4.78 is 4.91. The first-order valence-corrected chi connectivity index (χ1v) is 6.49. The molecule has 8 heteroatoms. The second-order valence-corrected chi connectivity index (χ2v) is 4.59. The van der Waals surface area contributed by atoms with Gasteiger partial charge in [-0.05, 0) is 29.4 Å². The van der Waals surface area contributed by atoms with Crippen LogP contribution in [-0.4, -0.2) is 27.7 Å². The highest BCUT2D eigenvalue weighted by Crippen LogP contribution is 2.29. The molecule has 22 heavy (non-hydrogen) atoms. The van der Waals surface area contributed by atoms with Crippen molar-refractivity contribution >= 4 is 18.0 Å². The summed E-state index contributed by atoms with van der Waals surface area (Å²) in [4.78, 5) is 18.6. The number of fused-ring (bicyclic) bond motifs is 1. The van der Waals surface area contributed by atoms with Gasteiger partial charge in [-0.1, -0.05) is 0 Å². The van der Waals surface area contributed by atoms with E-state index in [-0.39, 0.29) is 4.76 Å². The number of rotatable bonds is 3. The summed E-state index contributed by atoms with van der Waals surface area (Å²) in [6.45, 7) is 0. The Morgan fingerprint density at radius 2 is 2.18 bits per heavy atom. The van der Waals surface area contributed by atoms with E-state index < -0.39 is 0 Å². The van der Waals surface area contributed by atoms with Crippen molar-refractivity contribution in [2.75, 3.05) is 0 Å². The van der Waals surface area contributed by atoms with Crippen molar-refractivity contribution in [3.8, 4) is 5.75 Å². The fourth-order valence-corrected chi connectivity index (χ4v) is 2.11. The van der Waals surface area contributed by atoms with Crippen molar-refractivity contribution in [2.24, 2.45) is 20.8 Å². The molecule has 108 valence electrons. The summed E-state index contributed by atoms with van der Waals surface area (Å²) in [5.74, 6) is 2.30. The Bertz CT molecular complexity index is 822. The van der Waals surface area contributed by atoms with Gasteiger partial charge in [-0.15, -0.1) is 0 Å². The summed E-state index contributed by atoms with van der Waals surface area (Å²) in [5, 5.41) is 4.26. The highest BCUT2D eigenvalue weighted by molar-refractivity contribution is 6.03. The fourth-order valence-electron chi connectivity index (χ4n) is 2.11. The Hall–Kier alpha value is -3.26. The van der Waals surface area contributed by atoms with Crippen LogP contribution in [0, 0.1) is 0 Å². The smallest absolute Gasteiger partial charge is 0.310 e. The first kappa shape index (κ1) is 12.5. The molecule has 1 unspecified atom stereocenters. The molecule has 2 N–H and O–H groups in total. The van der Waals surface area contributed by atoms with Crippen LogP contribution in [0.5, 0.6) is 5.75 Å². The number of furan rings is 1. The normalized spacial score (nSPS) is 22.6. The van der Waals surface area contributed by atoms with Gasteiger partial charge in [0.05, 0.1) is 23.3 Å². The van der Waals surface area contributed by atoms with Crippen molar-refractivity contribution in [3.05, 3.63) is 60.6 Å². The van der Waals surface area contributed by atoms with E-state index in [9.17, 15) is 0 Å². The molecule has 0 saturated carbocycles. The van der Waals surface area contributed by atoms with E-state index in [4.69, 9.17) is 15.0 Å². The number of aliphatic imine (C=N–C) groups is 2. The van der Waals surface area contributed by atoms with E-state index in [1.165, 1.54) is 6.34 Å². The molecule has 8 nitrogen and oxygen atoms in total. The van der Waals surface area contributed by atoms with E-state index >= 15 is 0 Å². The molecular formula is C14H11N6O2+. The Labute approximate surface area is 125 Å². The van der Waals surface area contributed by atoms with Crippen molar-refractivity contribution in [1.82, 2.24) is 4.98 Å². The minimum Gasteiger partial charge on any atom is -0.461 e. The minimum absolute atomic E-state index is 0.301. The van der Waals surface area contributed by atoms with Gasteiger partial charge >= 0.3 is 5.82 Å². The first-order chi connectivity index (χ1) is 10.8. The van der Waals surface area contributed by atoms with Gasteiger partial charge in [-0.25, -0.2) is 0 Å². The van der Waals surface area contributed by atoms with Gasteiger partial charge in [0.15, 0.2) is 11.6 Å². The molecule has 2 aliphatic heterocycles. The molecule has 1 atom stereocenters. The molecule has 4 heterocycles. The summed E-state index contributed by atoms with van der Waals surface area (Å²) >= 11 is 0. The van der Waals surface area contributed by atoms with Gasteiger partial charge in [0, 0.05) is 6.20 Å². The number of hydrogen-bond acceptors (Lipinski definition) is 7. The van der Waals surface area contributed by atoms with Crippen molar-refractivity contribution in [2.45, 2.75) is 0 Å². The molecule has 4 rings (SSSR count). The molecule has 2 aliphatic rings. The van der Waals surface area contributed by atoms with Gasteiger partial charge in [0.2, 0.25) is 11.6 Å². The summed E-state index contributed by atoms with van der Waals surface area (Å²) in [6, 6.07) is 7.07. The molecule has 0 fully saturated rings. The van der Waals surface area contributed by atoms with Crippen LogP contribution in [0.4, 0.5) is 0 Å². The second kappa shape index (κ2) is 4.64. The zero-order valence-electron chi connectivity index (χ0n) is 11.3.